The molecule has 0 unspecified atom stereocenters. The molecule has 1 aliphatic heterocycles. The summed E-state index contributed by atoms with van der Waals surface area (Å²) < 4.78 is 16.3. The number of carbonyl (C=O) groups excluding carboxylic acids is 1. The topological polar surface area (TPSA) is 71.3 Å². The van der Waals surface area contributed by atoms with Gasteiger partial charge in [-0.1, -0.05) is 46.3 Å². The third-order valence-electron chi connectivity index (χ3n) is 6.20. The molecule has 35 heavy (non-hydrogen) atoms. The van der Waals surface area contributed by atoms with E-state index in [1.807, 2.05) is 29.2 Å². The molecular weight excluding hydrogens is 513 g/mol. The molecule has 7 nitrogen and oxygen atoms in total. The highest BCUT2D eigenvalue weighted by Crippen LogP contribution is 2.19. The third kappa shape index (κ3) is 4.95. The molecule has 1 amide bonds. The minimum Gasteiger partial charge on any atom is -0.353 e. The van der Waals surface area contributed by atoms with Gasteiger partial charge in [0.15, 0.2) is 0 Å². The molecule has 1 saturated heterocycles. The van der Waals surface area contributed by atoms with Crippen LogP contribution in [-0.2, 0) is 17.8 Å². The molecule has 1 aliphatic rings. The molecule has 0 radical (unpaired) electrons. The zero-order valence-corrected chi connectivity index (χ0v) is 20.5. The molecule has 0 N–H and O–H groups in total. The highest BCUT2D eigenvalue weighted by molar-refractivity contribution is 9.10. The van der Waals surface area contributed by atoms with E-state index in [1.54, 1.807) is 36.5 Å². The molecule has 4 aromatic rings. The van der Waals surface area contributed by atoms with Crippen LogP contribution in [-0.4, -0.2) is 51.8 Å². The predicted molar refractivity (Wildman–Crippen MR) is 136 cm³/mol. The first-order valence-electron chi connectivity index (χ1n) is 11.4. The van der Waals surface area contributed by atoms with Gasteiger partial charge in [0, 0.05) is 47.8 Å². The van der Waals surface area contributed by atoms with Crippen molar-refractivity contribution in [3.05, 3.63) is 98.8 Å². The number of anilines is 1. The summed E-state index contributed by atoms with van der Waals surface area (Å²) in [6.45, 7) is 2.53. The van der Waals surface area contributed by atoms with Crippen molar-refractivity contribution < 1.29 is 9.18 Å². The van der Waals surface area contributed by atoms with Crippen LogP contribution in [0.3, 0.4) is 0 Å². The molecule has 178 valence electrons. The van der Waals surface area contributed by atoms with Crippen LogP contribution in [0.5, 0.6) is 0 Å². The zero-order valence-electron chi connectivity index (χ0n) is 18.9. The van der Waals surface area contributed by atoms with E-state index in [9.17, 15) is 14.0 Å². The molecule has 2 aromatic heterocycles. The van der Waals surface area contributed by atoms with Crippen LogP contribution in [0.15, 0.2) is 76.1 Å². The summed E-state index contributed by atoms with van der Waals surface area (Å²) in [6.07, 6.45) is 1.83. The Bertz CT molecular complexity index is 1440. The lowest BCUT2D eigenvalue weighted by Gasteiger charge is -2.35. The Balaban J connectivity index is 1.38. The lowest BCUT2D eigenvalue weighted by Crippen LogP contribution is -2.49. The normalized spacial score (nSPS) is 13.9. The van der Waals surface area contributed by atoms with Crippen molar-refractivity contribution in [3.63, 3.8) is 0 Å². The van der Waals surface area contributed by atoms with Gasteiger partial charge in [0.2, 0.25) is 5.91 Å². The summed E-state index contributed by atoms with van der Waals surface area (Å²) in [5.41, 5.74) is 0.541. The molecule has 0 aliphatic carbocycles. The smallest absolute Gasteiger partial charge is 0.274 e. The fraction of sp³-hybridized carbons (Fsp3) is 0.231. The minimum atomic E-state index is -0.426. The standard InChI is InChI=1S/C26H23BrFN5O2/c27-19-9-8-18(22(28)15-19)17-33-26(35)21-6-2-1-5-20(21)23(30-33)16-25(34)32-13-11-31(12-14-32)24-7-3-4-10-29-24/h1-10,15H,11-14,16-17H2. The van der Waals surface area contributed by atoms with E-state index in [0.717, 1.165) is 5.82 Å². The zero-order chi connectivity index (χ0) is 24.4. The molecule has 0 bridgehead atoms. The Labute approximate surface area is 209 Å². The number of fused-ring (bicyclic) bond motifs is 1. The van der Waals surface area contributed by atoms with Gasteiger partial charge in [0.05, 0.1) is 24.0 Å². The Morgan fingerprint density at radius 1 is 0.971 bits per heavy atom. The Hall–Kier alpha value is -3.59. The molecule has 2 aromatic carbocycles. The van der Waals surface area contributed by atoms with Gasteiger partial charge < -0.3 is 9.80 Å². The monoisotopic (exact) mass is 535 g/mol. The number of halogens is 2. The minimum absolute atomic E-state index is 0.0211. The second-order valence-electron chi connectivity index (χ2n) is 8.42. The van der Waals surface area contributed by atoms with E-state index >= 15 is 0 Å². The fourth-order valence-electron chi connectivity index (χ4n) is 4.34. The molecular formula is C26H23BrFN5O2. The largest absolute Gasteiger partial charge is 0.353 e. The summed E-state index contributed by atoms with van der Waals surface area (Å²) in [6, 6.07) is 17.6. The van der Waals surface area contributed by atoms with Crippen molar-refractivity contribution in [1.82, 2.24) is 19.7 Å². The Morgan fingerprint density at radius 3 is 2.43 bits per heavy atom. The number of aromatic nitrogens is 3. The highest BCUT2D eigenvalue weighted by atomic mass is 79.9. The van der Waals surface area contributed by atoms with Crippen molar-refractivity contribution in [2.75, 3.05) is 31.1 Å². The van der Waals surface area contributed by atoms with E-state index < -0.39 is 5.82 Å². The molecule has 1 fully saturated rings. The molecule has 5 rings (SSSR count). The van der Waals surface area contributed by atoms with Gasteiger partial charge in [0.1, 0.15) is 11.6 Å². The second kappa shape index (κ2) is 9.95. The number of hydrogen-bond acceptors (Lipinski definition) is 5. The summed E-state index contributed by atoms with van der Waals surface area (Å²) in [5, 5.41) is 5.62. The third-order valence-corrected chi connectivity index (χ3v) is 6.70. The van der Waals surface area contributed by atoms with Gasteiger partial charge in [-0.3, -0.25) is 9.59 Å². The molecule has 9 heteroatoms. The number of carbonyl (C=O) groups is 1. The number of rotatable bonds is 5. The van der Waals surface area contributed by atoms with Gasteiger partial charge in [-0.25, -0.2) is 14.1 Å². The summed E-state index contributed by atoms with van der Waals surface area (Å²) in [5.74, 6) is 0.424. The maximum atomic E-state index is 14.4. The fourth-order valence-corrected chi connectivity index (χ4v) is 4.67. The summed E-state index contributed by atoms with van der Waals surface area (Å²) in [7, 11) is 0. The lowest BCUT2D eigenvalue weighted by molar-refractivity contribution is -0.130. The summed E-state index contributed by atoms with van der Waals surface area (Å²) >= 11 is 3.25. The van der Waals surface area contributed by atoms with E-state index in [4.69, 9.17) is 0 Å². The van der Waals surface area contributed by atoms with Crippen molar-refractivity contribution >= 4 is 38.4 Å². The van der Waals surface area contributed by atoms with Crippen molar-refractivity contribution in [3.8, 4) is 0 Å². The number of benzene rings is 2. The maximum Gasteiger partial charge on any atom is 0.274 e. The number of hydrogen-bond donors (Lipinski definition) is 0. The average molecular weight is 536 g/mol. The van der Waals surface area contributed by atoms with Crippen LogP contribution in [0.1, 0.15) is 11.3 Å². The van der Waals surface area contributed by atoms with Crippen LogP contribution in [0.25, 0.3) is 10.8 Å². The Morgan fingerprint density at radius 2 is 1.71 bits per heavy atom. The maximum absolute atomic E-state index is 14.4. The van der Waals surface area contributed by atoms with E-state index in [2.05, 4.69) is 30.9 Å². The first kappa shape index (κ1) is 23.2. The SMILES string of the molecule is O=C(Cc1nn(Cc2ccc(Br)cc2F)c(=O)c2ccccc12)N1CCN(c2ccccn2)CC1. The van der Waals surface area contributed by atoms with Crippen molar-refractivity contribution in [2.24, 2.45) is 0 Å². The first-order chi connectivity index (χ1) is 17.0. The average Bonchev–Trinajstić information content (AvgIpc) is 2.89. The van der Waals surface area contributed by atoms with E-state index in [0.29, 0.717) is 52.7 Å². The molecule has 0 spiro atoms. The van der Waals surface area contributed by atoms with Gasteiger partial charge in [-0.15, -0.1) is 0 Å². The van der Waals surface area contributed by atoms with Gasteiger partial charge in [-0.05, 0) is 30.3 Å². The molecule has 0 atom stereocenters. The van der Waals surface area contributed by atoms with Crippen LogP contribution >= 0.6 is 15.9 Å². The van der Waals surface area contributed by atoms with Crippen LogP contribution in [0.4, 0.5) is 10.2 Å². The molecule has 3 heterocycles. The van der Waals surface area contributed by atoms with Gasteiger partial charge in [-0.2, -0.15) is 5.10 Å². The molecule has 0 saturated carbocycles. The summed E-state index contributed by atoms with van der Waals surface area (Å²) in [4.78, 5) is 34.6. The number of piperazine rings is 1. The second-order valence-corrected chi connectivity index (χ2v) is 9.34. The van der Waals surface area contributed by atoms with Gasteiger partial charge in [0.25, 0.3) is 5.56 Å². The quantitative estimate of drug-likeness (QED) is 0.390. The van der Waals surface area contributed by atoms with Crippen molar-refractivity contribution in [1.29, 1.82) is 0 Å². The van der Waals surface area contributed by atoms with Crippen LogP contribution in [0.2, 0.25) is 0 Å². The van der Waals surface area contributed by atoms with E-state index in [-0.39, 0.29) is 24.4 Å². The van der Waals surface area contributed by atoms with Crippen LogP contribution < -0.4 is 10.5 Å². The van der Waals surface area contributed by atoms with Crippen molar-refractivity contribution in [2.45, 2.75) is 13.0 Å². The van der Waals surface area contributed by atoms with E-state index in [1.165, 1.54) is 10.7 Å². The number of amides is 1. The van der Waals surface area contributed by atoms with Crippen LogP contribution in [0, 0.1) is 5.82 Å². The highest BCUT2D eigenvalue weighted by Gasteiger charge is 2.23. The first-order valence-corrected chi connectivity index (χ1v) is 12.2. The van der Waals surface area contributed by atoms with Gasteiger partial charge >= 0.3 is 0 Å². The lowest BCUT2D eigenvalue weighted by atomic mass is 10.1. The number of pyridine rings is 1. The predicted octanol–water partition coefficient (Wildman–Crippen LogP) is 3.63. The Kier molecular flexibility index (Phi) is 6.59. The number of nitrogens with zero attached hydrogens (tertiary/aromatic N) is 5.